The summed E-state index contributed by atoms with van der Waals surface area (Å²) >= 11 is 0. The Labute approximate surface area is 77.7 Å². The monoisotopic (exact) mass is 182 g/mol. The minimum absolute atomic E-state index is 0.00218. The number of rotatable bonds is 4. The van der Waals surface area contributed by atoms with Crippen molar-refractivity contribution in [3.05, 3.63) is 35.5 Å². The average molecular weight is 182 g/mol. The van der Waals surface area contributed by atoms with Crippen molar-refractivity contribution in [2.75, 3.05) is 6.61 Å². The minimum atomic E-state index is -0.923. The molecule has 72 valence electrons. The molecule has 0 atom stereocenters. The lowest BCUT2D eigenvalue weighted by Gasteiger charge is -1.89. The average Bonchev–Trinajstić information content (AvgIpc) is 2.04. The highest BCUT2D eigenvalue weighted by molar-refractivity contribution is 5.86. The lowest BCUT2D eigenvalue weighted by atomic mass is 10.2. The van der Waals surface area contributed by atoms with Crippen molar-refractivity contribution in [2.24, 2.45) is 0 Å². The Bertz CT molecular complexity index is 259. The number of allylic oxidation sites excluding steroid dienone is 4. The number of hydrogen-bond acceptors (Lipinski definition) is 2. The van der Waals surface area contributed by atoms with Crippen molar-refractivity contribution >= 4 is 5.97 Å². The molecule has 3 heteroatoms. The third kappa shape index (κ3) is 5.87. The Balaban J connectivity index is 4.22. The summed E-state index contributed by atoms with van der Waals surface area (Å²) in [7, 11) is 0. The summed E-state index contributed by atoms with van der Waals surface area (Å²) in [6, 6.07) is 0. The van der Waals surface area contributed by atoms with Crippen LogP contribution >= 0.6 is 0 Å². The third-order valence-electron chi connectivity index (χ3n) is 1.46. The molecule has 0 bridgehead atoms. The molecule has 0 aliphatic heterocycles. The van der Waals surface area contributed by atoms with Crippen molar-refractivity contribution in [2.45, 2.75) is 13.8 Å². The van der Waals surface area contributed by atoms with Crippen LogP contribution in [0, 0.1) is 0 Å². The van der Waals surface area contributed by atoms with E-state index in [-0.39, 0.29) is 12.2 Å². The predicted molar refractivity (Wildman–Crippen MR) is 51.4 cm³/mol. The zero-order valence-corrected chi connectivity index (χ0v) is 7.82. The number of aliphatic hydroxyl groups excluding tert-OH is 1. The molecule has 0 saturated carbocycles. The molecule has 0 aromatic rings. The molecule has 3 nitrogen and oxygen atoms in total. The van der Waals surface area contributed by atoms with Gasteiger partial charge in [0.25, 0.3) is 0 Å². The van der Waals surface area contributed by atoms with Gasteiger partial charge in [-0.25, -0.2) is 4.79 Å². The fourth-order valence-corrected chi connectivity index (χ4v) is 0.628. The van der Waals surface area contributed by atoms with E-state index in [1.165, 1.54) is 13.0 Å². The molecule has 0 aromatic heterocycles. The highest BCUT2D eigenvalue weighted by atomic mass is 16.4. The molecule has 0 saturated heterocycles. The minimum Gasteiger partial charge on any atom is -0.478 e. The summed E-state index contributed by atoms with van der Waals surface area (Å²) in [4.78, 5) is 10.3. The van der Waals surface area contributed by atoms with Crippen LogP contribution in [0.2, 0.25) is 0 Å². The maximum Gasteiger partial charge on any atom is 0.331 e. The van der Waals surface area contributed by atoms with Gasteiger partial charge in [0.1, 0.15) is 0 Å². The number of carbonyl (C=O) groups is 1. The van der Waals surface area contributed by atoms with E-state index in [0.717, 1.165) is 5.57 Å². The second kappa shape index (κ2) is 6.20. The van der Waals surface area contributed by atoms with Crippen LogP contribution in [0.5, 0.6) is 0 Å². The zero-order valence-electron chi connectivity index (χ0n) is 7.82. The van der Waals surface area contributed by atoms with Crippen molar-refractivity contribution in [3.8, 4) is 0 Å². The largest absolute Gasteiger partial charge is 0.478 e. The van der Waals surface area contributed by atoms with Crippen LogP contribution in [-0.4, -0.2) is 22.8 Å². The van der Waals surface area contributed by atoms with Crippen molar-refractivity contribution in [3.63, 3.8) is 0 Å². The smallest absolute Gasteiger partial charge is 0.331 e. The molecule has 0 rings (SSSR count). The van der Waals surface area contributed by atoms with Gasteiger partial charge in [0.15, 0.2) is 0 Å². The molecule has 0 aliphatic rings. The van der Waals surface area contributed by atoms with Crippen LogP contribution in [-0.2, 0) is 4.79 Å². The predicted octanol–water partition coefficient (Wildman–Crippen LogP) is 1.51. The number of carboxylic acids is 1. The van der Waals surface area contributed by atoms with Crippen molar-refractivity contribution in [1.29, 1.82) is 0 Å². The highest BCUT2D eigenvalue weighted by Gasteiger charge is 1.95. The van der Waals surface area contributed by atoms with Gasteiger partial charge in [-0.3, -0.25) is 0 Å². The molecule has 0 radical (unpaired) electrons. The van der Waals surface area contributed by atoms with Gasteiger partial charge in [-0.05, 0) is 13.8 Å². The van der Waals surface area contributed by atoms with Gasteiger partial charge < -0.3 is 10.2 Å². The lowest BCUT2D eigenvalue weighted by molar-refractivity contribution is -0.132. The topological polar surface area (TPSA) is 57.5 Å². The van der Waals surface area contributed by atoms with Gasteiger partial charge >= 0.3 is 5.97 Å². The van der Waals surface area contributed by atoms with E-state index in [1.54, 1.807) is 18.2 Å². The molecule has 13 heavy (non-hydrogen) atoms. The van der Waals surface area contributed by atoms with E-state index in [2.05, 4.69) is 0 Å². The van der Waals surface area contributed by atoms with E-state index in [0.29, 0.717) is 0 Å². The Morgan fingerprint density at radius 1 is 1.38 bits per heavy atom. The first-order valence-electron chi connectivity index (χ1n) is 3.93. The second-order valence-corrected chi connectivity index (χ2v) is 2.64. The van der Waals surface area contributed by atoms with Crippen LogP contribution in [0.25, 0.3) is 0 Å². The molecule has 2 N–H and O–H groups in total. The Hall–Kier alpha value is -1.35. The molecular formula is C10H14O3. The standard InChI is InChI=1S/C10H14O3/c1-8(6-7-11)4-3-5-9(2)10(12)13/h3-6,11H,7H2,1-2H3,(H,12,13). The quantitative estimate of drug-likeness (QED) is 0.512. The van der Waals surface area contributed by atoms with Gasteiger partial charge in [-0.15, -0.1) is 0 Å². The molecule has 0 aromatic carbocycles. The summed E-state index contributed by atoms with van der Waals surface area (Å²) in [5, 5.41) is 17.0. The maximum atomic E-state index is 10.3. The molecule has 0 heterocycles. The summed E-state index contributed by atoms with van der Waals surface area (Å²) in [5.41, 5.74) is 1.19. The summed E-state index contributed by atoms with van der Waals surface area (Å²) < 4.78 is 0. The molecule has 0 spiro atoms. The first-order valence-corrected chi connectivity index (χ1v) is 3.93. The molecule has 0 unspecified atom stereocenters. The van der Waals surface area contributed by atoms with Gasteiger partial charge in [0, 0.05) is 5.57 Å². The van der Waals surface area contributed by atoms with E-state index in [4.69, 9.17) is 10.2 Å². The molecule has 0 fully saturated rings. The van der Waals surface area contributed by atoms with Crippen molar-refractivity contribution in [1.82, 2.24) is 0 Å². The number of hydrogen-bond donors (Lipinski definition) is 2. The van der Waals surface area contributed by atoms with Gasteiger partial charge in [0.2, 0.25) is 0 Å². The van der Waals surface area contributed by atoms with Crippen LogP contribution in [0.3, 0.4) is 0 Å². The first kappa shape index (κ1) is 11.6. The van der Waals surface area contributed by atoms with E-state index >= 15 is 0 Å². The third-order valence-corrected chi connectivity index (χ3v) is 1.46. The summed E-state index contributed by atoms with van der Waals surface area (Å²) in [5.74, 6) is -0.923. The van der Waals surface area contributed by atoms with Crippen LogP contribution < -0.4 is 0 Å². The molecule has 0 aliphatic carbocycles. The Morgan fingerprint density at radius 2 is 2.00 bits per heavy atom. The van der Waals surface area contributed by atoms with Crippen molar-refractivity contribution < 1.29 is 15.0 Å². The SMILES string of the molecule is CC(C=CC=C(C)C(=O)O)=CCO. The second-order valence-electron chi connectivity index (χ2n) is 2.64. The zero-order chi connectivity index (χ0) is 10.3. The van der Waals surface area contributed by atoms with Crippen LogP contribution in [0.4, 0.5) is 0 Å². The lowest BCUT2D eigenvalue weighted by Crippen LogP contribution is -1.94. The maximum absolute atomic E-state index is 10.3. The molecule has 0 amide bonds. The van der Waals surface area contributed by atoms with Gasteiger partial charge in [0.05, 0.1) is 6.61 Å². The number of aliphatic carboxylic acids is 1. The first-order chi connectivity index (χ1) is 6.07. The normalized spacial score (nSPS) is 13.8. The molecular weight excluding hydrogens is 168 g/mol. The summed E-state index contributed by atoms with van der Waals surface area (Å²) in [6.45, 7) is 3.35. The Kier molecular flexibility index (Phi) is 5.55. The number of aliphatic hydroxyl groups is 1. The van der Waals surface area contributed by atoms with Crippen LogP contribution in [0.15, 0.2) is 35.5 Å². The van der Waals surface area contributed by atoms with E-state index in [1.807, 2.05) is 6.92 Å². The Morgan fingerprint density at radius 3 is 2.46 bits per heavy atom. The van der Waals surface area contributed by atoms with Gasteiger partial charge in [-0.1, -0.05) is 29.9 Å². The van der Waals surface area contributed by atoms with Crippen LogP contribution in [0.1, 0.15) is 13.8 Å². The van der Waals surface area contributed by atoms with Gasteiger partial charge in [-0.2, -0.15) is 0 Å². The van der Waals surface area contributed by atoms with E-state index in [9.17, 15) is 4.79 Å². The fourth-order valence-electron chi connectivity index (χ4n) is 0.628. The summed E-state index contributed by atoms with van der Waals surface area (Å²) in [6.07, 6.45) is 6.53. The number of carboxylic acid groups (broad SMARTS) is 1. The fraction of sp³-hybridized carbons (Fsp3) is 0.300. The highest BCUT2D eigenvalue weighted by Crippen LogP contribution is 1.97. The van der Waals surface area contributed by atoms with E-state index < -0.39 is 5.97 Å².